The lowest BCUT2D eigenvalue weighted by atomic mass is 10.4. The van der Waals surface area contributed by atoms with E-state index in [9.17, 15) is 0 Å². The molecule has 10 heteroatoms. The van der Waals surface area contributed by atoms with Gasteiger partial charge in [-0.25, -0.2) is 4.98 Å². The van der Waals surface area contributed by atoms with Gasteiger partial charge in [0.15, 0.2) is 17.2 Å². The van der Waals surface area contributed by atoms with Crippen LogP contribution in [-0.4, -0.2) is 66.6 Å². The molecule has 0 amide bonds. The first-order valence-corrected chi connectivity index (χ1v) is 6.00. The van der Waals surface area contributed by atoms with E-state index < -0.39 is 0 Å². The Morgan fingerprint density at radius 2 is 1.65 bits per heavy atom. The molecule has 0 unspecified atom stereocenters. The fourth-order valence-electron chi connectivity index (χ4n) is 1.73. The number of anilines is 2. The van der Waals surface area contributed by atoms with Crippen molar-refractivity contribution in [2.45, 2.75) is 6.54 Å². The highest BCUT2D eigenvalue weighted by Gasteiger charge is 2.11. The molecule has 0 aromatic carbocycles. The number of fused-ring (bicyclic) bond motifs is 1. The van der Waals surface area contributed by atoms with Crippen LogP contribution in [0.3, 0.4) is 0 Å². The standard InChI is InChI=1S/C10H16N8O2/c11-8-7-9(15-10(12)14-8)17-16-6(13-7)5-18(1-3-19)2-4-20/h19-20H,1-5H2,(H4,11,12,14,15,17). The number of hydrogen-bond acceptors (Lipinski definition) is 10. The Kier molecular flexibility index (Phi) is 4.50. The Morgan fingerprint density at radius 1 is 0.950 bits per heavy atom. The topological polar surface area (TPSA) is 160 Å². The van der Waals surface area contributed by atoms with Crippen LogP contribution < -0.4 is 11.5 Å². The Morgan fingerprint density at radius 3 is 2.30 bits per heavy atom. The zero-order valence-electron chi connectivity index (χ0n) is 10.8. The maximum absolute atomic E-state index is 8.95. The molecule has 20 heavy (non-hydrogen) atoms. The summed E-state index contributed by atoms with van der Waals surface area (Å²) in [4.78, 5) is 13.7. The summed E-state index contributed by atoms with van der Waals surface area (Å²) in [6.45, 7) is 1.07. The summed E-state index contributed by atoms with van der Waals surface area (Å²) < 4.78 is 0. The molecule has 2 aromatic rings. The minimum atomic E-state index is -0.0250. The van der Waals surface area contributed by atoms with Gasteiger partial charge in [0.2, 0.25) is 11.6 Å². The van der Waals surface area contributed by atoms with Crippen LogP contribution in [0.1, 0.15) is 5.82 Å². The molecule has 0 aliphatic heterocycles. The zero-order valence-corrected chi connectivity index (χ0v) is 10.8. The normalized spacial score (nSPS) is 11.3. The summed E-state index contributed by atoms with van der Waals surface area (Å²) in [6.07, 6.45) is 0. The second kappa shape index (κ2) is 6.32. The van der Waals surface area contributed by atoms with Gasteiger partial charge < -0.3 is 21.7 Å². The molecule has 0 saturated heterocycles. The summed E-state index contributed by atoms with van der Waals surface area (Å²) in [5.74, 6) is 0.556. The molecule has 10 nitrogen and oxygen atoms in total. The second-order valence-corrected chi connectivity index (χ2v) is 4.09. The van der Waals surface area contributed by atoms with E-state index in [2.05, 4.69) is 25.1 Å². The molecule has 0 aliphatic rings. The quantitative estimate of drug-likeness (QED) is 0.455. The lowest BCUT2D eigenvalue weighted by Gasteiger charge is -2.18. The number of nitrogens with zero attached hydrogens (tertiary/aromatic N) is 6. The first-order chi connectivity index (χ1) is 9.63. The predicted octanol–water partition coefficient (Wildman–Crippen LogP) is -2.23. The van der Waals surface area contributed by atoms with Crippen LogP contribution in [0.4, 0.5) is 11.8 Å². The van der Waals surface area contributed by atoms with E-state index >= 15 is 0 Å². The number of aromatic nitrogens is 5. The average molecular weight is 280 g/mol. The minimum absolute atomic E-state index is 0.0148. The highest BCUT2D eigenvalue weighted by atomic mass is 16.3. The third-order valence-corrected chi connectivity index (χ3v) is 2.61. The van der Waals surface area contributed by atoms with Gasteiger partial charge in [0.05, 0.1) is 19.8 Å². The molecule has 2 rings (SSSR count). The van der Waals surface area contributed by atoms with Crippen molar-refractivity contribution >= 4 is 22.9 Å². The van der Waals surface area contributed by atoms with Crippen molar-refractivity contribution in [2.24, 2.45) is 0 Å². The van der Waals surface area contributed by atoms with Crippen molar-refractivity contribution in [3.8, 4) is 0 Å². The van der Waals surface area contributed by atoms with Gasteiger partial charge in [-0.1, -0.05) is 0 Å². The average Bonchev–Trinajstić information content (AvgIpc) is 2.40. The van der Waals surface area contributed by atoms with E-state index in [1.807, 2.05) is 0 Å². The second-order valence-electron chi connectivity index (χ2n) is 4.09. The molecule has 108 valence electrons. The number of hydrogen-bond donors (Lipinski definition) is 4. The van der Waals surface area contributed by atoms with E-state index in [0.717, 1.165) is 0 Å². The molecule has 0 fully saturated rings. The molecule has 2 aromatic heterocycles. The van der Waals surface area contributed by atoms with Gasteiger partial charge in [-0.15, -0.1) is 10.2 Å². The largest absolute Gasteiger partial charge is 0.395 e. The fraction of sp³-hybridized carbons (Fsp3) is 0.500. The van der Waals surface area contributed by atoms with Crippen molar-refractivity contribution in [3.05, 3.63) is 5.82 Å². The lowest BCUT2D eigenvalue weighted by Crippen LogP contribution is -2.30. The van der Waals surface area contributed by atoms with E-state index in [-0.39, 0.29) is 30.6 Å². The van der Waals surface area contributed by atoms with Crippen molar-refractivity contribution in [1.82, 2.24) is 30.0 Å². The van der Waals surface area contributed by atoms with Gasteiger partial charge in [0.25, 0.3) is 0 Å². The molecular weight excluding hydrogens is 264 g/mol. The van der Waals surface area contributed by atoms with Crippen LogP contribution in [0, 0.1) is 0 Å². The maximum Gasteiger partial charge on any atom is 0.224 e. The minimum Gasteiger partial charge on any atom is -0.395 e. The summed E-state index contributed by atoms with van der Waals surface area (Å²) in [7, 11) is 0. The SMILES string of the molecule is Nc1nc(N)c2nc(CN(CCO)CCO)nnc2n1. The van der Waals surface area contributed by atoms with Gasteiger partial charge in [-0.05, 0) is 0 Å². The maximum atomic E-state index is 8.95. The van der Waals surface area contributed by atoms with E-state index in [1.54, 1.807) is 4.90 Å². The Labute approximate surface area is 114 Å². The van der Waals surface area contributed by atoms with Crippen molar-refractivity contribution < 1.29 is 10.2 Å². The molecule has 0 bridgehead atoms. The highest BCUT2D eigenvalue weighted by Crippen LogP contribution is 2.13. The summed E-state index contributed by atoms with van der Waals surface area (Å²) >= 11 is 0. The van der Waals surface area contributed by atoms with E-state index in [0.29, 0.717) is 31.0 Å². The number of aliphatic hydroxyl groups excluding tert-OH is 2. The zero-order chi connectivity index (χ0) is 14.5. The molecule has 0 radical (unpaired) electrons. The monoisotopic (exact) mass is 280 g/mol. The number of nitrogen functional groups attached to an aromatic ring is 2. The molecule has 2 heterocycles. The van der Waals surface area contributed by atoms with Gasteiger partial charge in [0, 0.05) is 13.1 Å². The van der Waals surface area contributed by atoms with Crippen LogP contribution in [0.2, 0.25) is 0 Å². The van der Waals surface area contributed by atoms with Crippen LogP contribution in [0.15, 0.2) is 0 Å². The van der Waals surface area contributed by atoms with Gasteiger partial charge >= 0.3 is 0 Å². The smallest absolute Gasteiger partial charge is 0.224 e. The first-order valence-electron chi connectivity index (χ1n) is 6.00. The summed E-state index contributed by atoms with van der Waals surface area (Å²) in [5, 5.41) is 25.7. The Balaban J connectivity index is 2.26. The number of aliphatic hydroxyl groups is 2. The highest BCUT2D eigenvalue weighted by molar-refractivity contribution is 5.81. The van der Waals surface area contributed by atoms with Crippen molar-refractivity contribution in [3.63, 3.8) is 0 Å². The summed E-state index contributed by atoms with van der Waals surface area (Å²) in [5.41, 5.74) is 11.7. The molecule has 0 atom stereocenters. The van der Waals surface area contributed by atoms with E-state index in [1.165, 1.54) is 0 Å². The van der Waals surface area contributed by atoms with Crippen LogP contribution >= 0.6 is 0 Å². The molecule has 0 spiro atoms. The lowest BCUT2D eigenvalue weighted by molar-refractivity contribution is 0.153. The third kappa shape index (κ3) is 3.23. The van der Waals surface area contributed by atoms with Crippen LogP contribution in [0.25, 0.3) is 11.2 Å². The number of nitrogens with two attached hydrogens (primary N) is 2. The fourth-order valence-corrected chi connectivity index (χ4v) is 1.73. The van der Waals surface area contributed by atoms with Crippen LogP contribution in [0.5, 0.6) is 0 Å². The van der Waals surface area contributed by atoms with E-state index in [4.69, 9.17) is 21.7 Å². The third-order valence-electron chi connectivity index (χ3n) is 2.61. The van der Waals surface area contributed by atoms with Gasteiger partial charge in [0.1, 0.15) is 0 Å². The number of rotatable bonds is 6. The molecule has 0 aliphatic carbocycles. The molecule has 0 saturated carbocycles. The molecule has 6 N–H and O–H groups in total. The Bertz CT molecular complexity index is 587. The van der Waals surface area contributed by atoms with Crippen molar-refractivity contribution in [2.75, 3.05) is 37.8 Å². The Hall–Kier alpha value is -2.17. The molecular formula is C10H16N8O2. The summed E-state index contributed by atoms with van der Waals surface area (Å²) in [6, 6.07) is 0. The van der Waals surface area contributed by atoms with Gasteiger partial charge in [-0.3, -0.25) is 4.90 Å². The van der Waals surface area contributed by atoms with Crippen LogP contribution in [-0.2, 0) is 6.54 Å². The van der Waals surface area contributed by atoms with Gasteiger partial charge in [-0.2, -0.15) is 9.97 Å². The predicted molar refractivity (Wildman–Crippen MR) is 71.2 cm³/mol. The first kappa shape index (κ1) is 14.2. The van der Waals surface area contributed by atoms with Crippen molar-refractivity contribution in [1.29, 1.82) is 0 Å².